The fourth-order valence-electron chi connectivity index (χ4n) is 2.58. The van der Waals surface area contributed by atoms with Crippen molar-refractivity contribution in [1.29, 1.82) is 0 Å². The second-order valence-corrected chi connectivity index (χ2v) is 6.69. The molecule has 1 aromatic heterocycles. The molecule has 0 aliphatic rings. The van der Waals surface area contributed by atoms with Crippen LogP contribution in [0.4, 0.5) is 10.1 Å². The quantitative estimate of drug-likeness (QED) is 0.642. The summed E-state index contributed by atoms with van der Waals surface area (Å²) in [5.41, 5.74) is 2.63. The van der Waals surface area contributed by atoms with Gasteiger partial charge in [-0.05, 0) is 64.6 Å². The molecule has 2 aromatic carbocycles. The SMILES string of the molecule is CN(CC(O)c1ccc(F)cc1)c1ccnc2ccc(I)cc12. The Morgan fingerprint density at radius 3 is 2.65 bits per heavy atom. The number of aliphatic hydroxyl groups excluding tert-OH is 1. The van der Waals surface area contributed by atoms with Crippen molar-refractivity contribution in [3.05, 3.63) is 69.7 Å². The highest BCUT2D eigenvalue weighted by Crippen LogP contribution is 2.27. The van der Waals surface area contributed by atoms with Crippen LogP contribution in [0.2, 0.25) is 0 Å². The van der Waals surface area contributed by atoms with Gasteiger partial charge in [-0.15, -0.1) is 0 Å². The zero-order chi connectivity index (χ0) is 16.4. The molecule has 0 spiro atoms. The summed E-state index contributed by atoms with van der Waals surface area (Å²) in [4.78, 5) is 6.37. The second-order valence-electron chi connectivity index (χ2n) is 5.44. The van der Waals surface area contributed by atoms with Crippen LogP contribution in [0.1, 0.15) is 11.7 Å². The zero-order valence-electron chi connectivity index (χ0n) is 12.6. The van der Waals surface area contributed by atoms with E-state index in [0.29, 0.717) is 12.1 Å². The van der Waals surface area contributed by atoms with Crippen molar-refractivity contribution in [1.82, 2.24) is 4.98 Å². The molecule has 118 valence electrons. The van der Waals surface area contributed by atoms with Crippen LogP contribution in [0.5, 0.6) is 0 Å². The molecule has 0 radical (unpaired) electrons. The number of aromatic nitrogens is 1. The van der Waals surface area contributed by atoms with Gasteiger partial charge in [0.15, 0.2) is 0 Å². The molecule has 1 atom stereocenters. The van der Waals surface area contributed by atoms with Crippen LogP contribution in [-0.4, -0.2) is 23.7 Å². The van der Waals surface area contributed by atoms with E-state index in [1.54, 1.807) is 18.3 Å². The van der Waals surface area contributed by atoms with E-state index in [1.165, 1.54) is 12.1 Å². The molecular formula is C18H16FIN2O. The van der Waals surface area contributed by atoms with E-state index in [-0.39, 0.29) is 5.82 Å². The third-order valence-electron chi connectivity index (χ3n) is 3.79. The summed E-state index contributed by atoms with van der Waals surface area (Å²) in [7, 11) is 1.93. The lowest BCUT2D eigenvalue weighted by molar-refractivity contribution is 0.185. The van der Waals surface area contributed by atoms with Crippen LogP contribution in [-0.2, 0) is 0 Å². The first kappa shape index (κ1) is 16.1. The molecule has 3 rings (SSSR count). The van der Waals surface area contributed by atoms with E-state index in [9.17, 15) is 9.50 Å². The van der Waals surface area contributed by atoms with Crippen LogP contribution in [0.3, 0.4) is 0 Å². The molecule has 0 aliphatic carbocycles. The first-order chi connectivity index (χ1) is 11.0. The number of nitrogens with zero attached hydrogens (tertiary/aromatic N) is 2. The smallest absolute Gasteiger partial charge is 0.123 e. The molecular weight excluding hydrogens is 406 g/mol. The average molecular weight is 422 g/mol. The minimum atomic E-state index is -0.688. The van der Waals surface area contributed by atoms with E-state index >= 15 is 0 Å². The predicted molar refractivity (Wildman–Crippen MR) is 99.1 cm³/mol. The molecule has 0 aliphatic heterocycles. The van der Waals surface area contributed by atoms with Gasteiger partial charge in [0.25, 0.3) is 0 Å². The van der Waals surface area contributed by atoms with E-state index in [1.807, 2.05) is 30.1 Å². The molecule has 0 saturated heterocycles. The number of pyridine rings is 1. The monoisotopic (exact) mass is 422 g/mol. The predicted octanol–water partition coefficient (Wildman–Crippen LogP) is 4.15. The first-order valence-corrected chi connectivity index (χ1v) is 8.31. The van der Waals surface area contributed by atoms with Crippen LogP contribution in [0, 0.1) is 9.39 Å². The molecule has 0 saturated carbocycles. The highest BCUT2D eigenvalue weighted by Gasteiger charge is 2.13. The largest absolute Gasteiger partial charge is 0.387 e. The maximum Gasteiger partial charge on any atom is 0.123 e. The Labute approximate surface area is 147 Å². The number of hydrogen-bond acceptors (Lipinski definition) is 3. The Morgan fingerprint density at radius 1 is 1.17 bits per heavy atom. The van der Waals surface area contributed by atoms with Gasteiger partial charge in [0.1, 0.15) is 5.82 Å². The molecule has 1 N–H and O–H groups in total. The van der Waals surface area contributed by atoms with E-state index in [4.69, 9.17) is 0 Å². The van der Waals surface area contributed by atoms with Crippen LogP contribution in [0.15, 0.2) is 54.7 Å². The van der Waals surface area contributed by atoms with Crippen LogP contribution >= 0.6 is 22.6 Å². The molecule has 1 unspecified atom stereocenters. The summed E-state index contributed by atoms with van der Waals surface area (Å²) in [5, 5.41) is 11.4. The lowest BCUT2D eigenvalue weighted by Crippen LogP contribution is -2.24. The van der Waals surface area contributed by atoms with Crippen molar-refractivity contribution < 1.29 is 9.50 Å². The molecule has 0 amide bonds. The zero-order valence-corrected chi connectivity index (χ0v) is 14.7. The minimum absolute atomic E-state index is 0.302. The van der Waals surface area contributed by atoms with Gasteiger partial charge in [-0.25, -0.2) is 4.39 Å². The maximum absolute atomic E-state index is 13.0. The van der Waals surface area contributed by atoms with Crippen molar-refractivity contribution in [3.63, 3.8) is 0 Å². The Kier molecular flexibility index (Phi) is 4.77. The number of hydrogen-bond donors (Lipinski definition) is 1. The van der Waals surface area contributed by atoms with Crippen molar-refractivity contribution in [2.75, 3.05) is 18.5 Å². The average Bonchev–Trinajstić information content (AvgIpc) is 2.54. The van der Waals surface area contributed by atoms with Crippen molar-refractivity contribution in [2.45, 2.75) is 6.10 Å². The Balaban J connectivity index is 1.87. The van der Waals surface area contributed by atoms with E-state index in [0.717, 1.165) is 20.2 Å². The van der Waals surface area contributed by atoms with Crippen molar-refractivity contribution >= 4 is 39.2 Å². The second kappa shape index (κ2) is 6.80. The lowest BCUT2D eigenvalue weighted by Gasteiger charge is -2.24. The van der Waals surface area contributed by atoms with E-state index in [2.05, 4.69) is 33.6 Å². The molecule has 23 heavy (non-hydrogen) atoms. The van der Waals surface area contributed by atoms with Gasteiger partial charge in [0.05, 0.1) is 11.6 Å². The molecule has 0 bridgehead atoms. The number of likely N-dealkylation sites (N-methyl/N-ethyl adjacent to an activating group) is 1. The fourth-order valence-corrected chi connectivity index (χ4v) is 3.08. The molecule has 0 fully saturated rings. The van der Waals surface area contributed by atoms with Crippen LogP contribution < -0.4 is 4.90 Å². The third-order valence-corrected chi connectivity index (χ3v) is 4.46. The molecule has 1 heterocycles. The van der Waals surface area contributed by atoms with Gasteiger partial charge in [-0.2, -0.15) is 0 Å². The van der Waals surface area contributed by atoms with Crippen molar-refractivity contribution in [2.24, 2.45) is 0 Å². The maximum atomic E-state index is 13.0. The van der Waals surface area contributed by atoms with E-state index < -0.39 is 6.10 Å². The lowest BCUT2D eigenvalue weighted by atomic mass is 10.1. The number of aliphatic hydroxyl groups is 1. The summed E-state index contributed by atoms with van der Waals surface area (Å²) in [6.45, 7) is 0.413. The fraction of sp³-hybridized carbons (Fsp3) is 0.167. The Bertz CT molecular complexity index is 823. The number of halogens is 2. The minimum Gasteiger partial charge on any atom is -0.387 e. The number of rotatable bonds is 4. The van der Waals surface area contributed by atoms with Gasteiger partial charge >= 0.3 is 0 Å². The Morgan fingerprint density at radius 2 is 1.91 bits per heavy atom. The van der Waals surface area contributed by atoms with Gasteiger partial charge in [-0.3, -0.25) is 4.98 Å². The van der Waals surface area contributed by atoms with Gasteiger partial charge in [0, 0.05) is 34.4 Å². The number of anilines is 1. The standard InChI is InChI=1S/C18H16FIN2O/c1-22(11-18(23)12-2-4-13(19)5-3-12)17-8-9-21-16-7-6-14(20)10-15(16)17/h2-10,18,23H,11H2,1H3. The molecule has 3 nitrogen and oxygen atoms in total. The summed E-state index contributed by atoms with van der Waals surface area (Å²) in [6, 6.07) is 14.0. The van der Waals surface area contributed by atoms with Gasteiger partial charge in [0.2, 0.25) is 0 Å². The summed E-state index contributed by atoms with van der Waals surface area (Å²) >= 11 is 2.27. The van der Waals surface area contributed by atoms with Gasteiger partial charge in [-0.1, -0.05) is 12.1 Å². The first-order valence-electron chi connectivity index (χ1n) is 7.23. The molecule has 5 heteroatoms. The van der Waals surface area contributed by atoms with Crippen LogP contribution in [0.25, 0.3) is 10.9 Å². The normalized spacial score (nSPS) is 12.3. The summed E-state index contributed by atoms with van der Waals surface area (Å²) < 4.78 is 14.1. The molecule has 3 aromatic rings. The highest BCUT2D eigenvalue weighted by atomic mass is 127. The number of fused-ring (bicyclic) bond motifs is 1. The third kappa shape index (κ3) is 3.61. The van der Waals surface area contributed by atoms with Crippen molar-refractivity contribution in [3.8, 4) is 0 Å². The van der Waals surface area contributed by atoms with Gasteiger partial charge < -0.3 is 10.0 Å². The topological polar surface area (TPSA) is 36.4 Å². The number of benzene rings is 2. The Hall–Kier alpha value is -1.73. The summed E-state index contributed by atoms with van der Waals surface area (Å²) in [5.74, 6) is -0.302. The highest BCUT2D eigenvalue weighted by molar-refractivity contribution is 14.1. The summed E-state index contributed by atoms with van der Waals surface area (Å²) in [6.07, 6.45) is 1.08.